The van der Waals surface area contributed by atoms with Crippen molar-refractivity contribution in [3.63, 3.8) is 0 Å². The van der Waals surface area contributed by atoms with Gasteiger partial charge in [-0.3, -0.25) is 9.59 Å². The molecule has 0 radical (unpaired) electrons. The molecule has 0 amide bonds. The van der Waals surface area contributed by atoms with E-state index in [9.17, 15) is 19.5 Å². The fourth-order valence-electron chi connectivity index (χ4n) is 5.47. The van der Waals surface area contributed by atoms with Crippen LogP contribution < -0.4 is 0 Å². The summed E-state index contributed by atoms with van der Waals surface area (Å²) in [6.07, 6.45) is 9.15. The number of hydrogen-bond acceptors (Lipinski definition) is 6. The van der Waals surface area contributed by atoms with Crippen LogP contribution in [-0.4, -0.2) is 42.6 Å². The molecule has 150 valence electrons. The number of Topliss-reactive ketones (excluding diaryl/α,β-unsaturated/α-hetero) is 1. The maximum absolute atomic E-state index is 13.2. The Morgan fingerprint density at radius 1 is 0.926 bits per heavy atom. The molecule has 0 aromatic heterocycles. The van der Waals surface area contributed by atoms with Gasteiger partial charge in [0, 0.05) is 0 Å². The number of rotatable bonds is 4. The third kappa shape index (κ3) is 3.33. The minimum Gasteiger partial charge on any atom is -0.468 e. The quantitative estimate of drug-likeness (QED) is 0.460. The molecule has 2 saturated carbocycles. The topological polar surface area (TPSA) is 89.9 Å². The lowest BCUT2D eigenvalue weighted by Crippen LogP contribution is -2.51. The molecule has 2 atom stereocenters. The first-order valence-electron chi connectivity index (χ1n) is 10.1. The highest BCUT2D eigenvalue weighted by atomic mass is 16.5. The molecule has 0 saturated heterocycles. The van der Waals surface area contributed by atoms with Crippen LogP contribution in [-0.2, 0) is 23.9 Å². The van der Waals surface area contributed by atoms with Crippen LogP contribution in [0.15, 0.2) is 11.1 Å². The summed E-state index contributed by atoms with van der Waals surface area (Å²) >= 11 is 0. The Bertz CT molecular complexity index is 639. The highest BCUT2D eigenvalue weighted by Crippen LogP contribution is 2.53. The summed E-state index contributed by atoms with van der Waals surface area (Å²) in [6.45, 7) is 0. The van der Waals surface area contributed by atoms with Gasteiger partial charge in [0.05, 0.1) is 14.2 Å². The van der Waals surface area contributed by atoms with Crippen LogP contribution in [0.25, 0.3) is 0 Å². The second-order valence-electron chi connectivity index (χ2n) is 8.10. The van der Waals surface area contributed by atoms with E-state index in [0.717, 1.165) is 64.2 Å². The monoisotopic (exact) mass is 378 g/mol. The Morgan fingerprint density at radius 3 is 2.00 bits per heavy atom. The van der Waals surface area contributed by atoms with E-state index < -0.39 is 29.2 Å². The van der Waals surface area contributed by atoms with Crippen molar-refractivity contribution in [1.29, 1.82) is 0 Å². The summed E-state index contributed by atoms with van der Waals surface area (Å²) < 4.78 is 9.78. The molecule has 0 aromatic rings. The van der Waals surface area contributed by atoms with Gasteiger partial charge in [0.15, 0.2) is 11.7 Å². The van der Waals surface area contributed by atoms with Gasteiger partial charge in [0.25, 0.3) is 0 Å². The highest BCUT2D eigenvalue weighted by Gasteiger charge is 2.62. The molecule has 0 bridgehead atoms. The SMILES string of the molecule is COC(=O)C1=C(C2CCCCC2)C(O)(C2CCCCC2)C(C(=O)OC)C1=O. The Morgan fingerprint density at radius 2 is 1.48 bits per heavy atom. The predicted octanol–water partition coefficient (Wildman–Crippen LogP) is 2.72. The Balaban J connectivity index is 2.16. The van der Waals surface area contributed by atoms with Crippen molar-refractivity contribution in [2.24, 2.45) is 17.8 Å². The minimum atomic E-state index is -1.64. The number of hydrogen-bond donors (Lipinski definition) is 1. The van der Waals surface area contributed by atoms with Crippen molar-refractivity contribution in [1.82, 2.24) is 0 Å². The molecule has 0 aromatic carbocycles. The van der Waals surface area contributed by atoms with Crippen molar-refractivity contribution in [3.05, 3.63) is 11.1 Å². The lowest BCUT2D eigenvalue weighted by Gasteiger charge is -2.43. The van der Waals surface area contributed by atoms with E-state index in [4.69, 9.17) is 9.47 Å². The van der Waals surface area contributed by atoms with E-state index in [-0.39, 0.29) is 17.4 Å². The largest absolute Gasteiger partial charge is 0.468 e. The minimum absolute atomic E-state index is 0.0709. The Labute approximate surface area is 160 Å². The third-order valence-electron chi connectivity index (χ3n) is 6.72. The zero-order valence-electron chi connectivity index (χ0n) is 16.3. The van der Waals surface area contributed by atoms with Gasteiger partial charge in [0.1, 0.15) is 11.2 Å². The molecule has 3 aliphatic rings. The Hall–Kier alpha value is -1.69. The van der Waals surface area contributed by atoms with Gasteiger partial charge in [0.2, 0.25) is 0 Å². The van der Waals surface area contributed by atoms with Crippen molar-refractivity contribution < 1.29 is 29.0 Å². The maximum Gasteiger partial charge on any atom is 0.341 e. The van der Waals surface area contributed by atoms with Crippen molar-refractivity contribution in [2.45, 2.75) is 69.8 Å². The van der Waals surface area contributed by atoms with E-state index in [0.29, 0.717) is 5.57 Å². The normalized spacial score (nSPS) is 30.5. The fourth-order valence-corrected chi connectivity index (χ4v) is 5.47. The van der Waals surface area contributed by atoms with Crippen molar-refractivity contribution in [3.8, 4) is 0 Å². The number of carbonyl (C=O) groups excluding carboxylic acids is 3. The molecular weight excluding hydrogens is 348 g/mol. The number of esters is 2. The standard InChI is InChI=1S/C21H30O6/c1-26-19(23)15-16(13-9-5-3-6-10-13)21(25,14-11-7-4-8-12-14)17(18(15)22)20(24)27-2/h13-14,17,25H,3-12H2,1-2H3. The second kappa shape index (κ2) is 8.13. The molecule has 6 nitrogen and oxygen atoms in total. The smallest absolute Gasteiger partial charge is 0.341 e. The molecule has 2 unspecified atom stereocenters. The van der Waals surface area contributed by atoms with Gasteiger partial charge in [-0.05, 0) is 43.1 Å². The summed E-state index contributed by atoms with van der Waals surface area (Å²) in [7, 11) is 2.44. The number of ether oxygens (including phenoxy) is 2. The molecular formula is C21H30O6. The molecule has 3 rings (SSSR count). The van der Waals surface area contributed by atoms with Crippen LogP contribution in [0.5, 0.6) is 0 Å². The van der Waals surface area contributed by atoms with Crippen LogP contribution in [0.1, 0.15) is 64.2 Å². The predicted molar refractivity (Wildman–Crippen MR) is 97.7 cm³/mol. The lowest BCUT2D eigenvalue weighted by atomic mass is 9.65. The first kappa shape index (κ1) is 20.1. The van der Waals surface area contributed by atoms with E-state index in [1.54, 1.807) is 0 Å². The first-order chi connectivity index (χ1) is 13.0. The van der Waals surface area contributed by atoms with Crippen LogP contribution in [0.3, 0.4) is 0 Å². The number of methoxy groups -OCH3 is 2. The van der Waals surface area contributed by atoms with Crippen LogP contribution in [0, 0.1) is 17.8 Å². The van der Waals surface area contributed by atoms with E-state index in [1.165, 1.54) is 14.2 Å². The lowest BCUT2D eigenvalue weighted by molar-refractivity contribution is -0.160. The van der Waals surface area contributed by atoms with E-state index >= 15 is 0 Å². The fraction of sp³-hybridized carbons (Fsp3) is 0.762. The third-order valence-corrected chi connectivity index (χ3v) is 6.72. The van der Waals surface area contributed by atoms with Gasteiger partial charge in [-0.1, -0.05) is 38.5 Å². The van der Waals surface area contributed by atoms with Crippen molar-refractivity contribution in [2.75, 3.05) is 14.2 Å². The molecule has 0 heterocycles. The zero-order chi connectivity index (χ0) is 19.6. The summed E-state index contributed by atoms with van der Waals surface area (Å²) in [5.74, 6) is -3.81. The maximum atomic E-state index is 13.2. The average molecular weight is 378 g/mol. The highest BCUT2D eigenvalue weighted by molar-refractivity contribution is 6.26. The van der Waals surface area contributed by atoms with Gasteiger partial charge in [-0.2, -0.15) is 0 Å². The second-order valence-corrected chi connectivity index (χ2v) is 8.10. The van der Waals surface area contributed by atoms with Gasteiger partial charge >= 0.3 is 11.9 Å². The van der Waals surface area contributed by atoms with Crippen molar-refractivity contribution >= 4 is 17.7 Å². The number of ketones is 1. The molecule has 6 heteroatoms. The number of aliphatic hydroxyl groups is 1. The zero-order valence-corrected chi connectivity index (χ0v) is 16.3. The van der Waals surface area contributed by atoms with Crippen LogP contribution in [0.4, 0.5) is 0 Å². The summed E-state index contributed by atoms with van der Waals surface area (Å²) in [4.78, 5) is 38.3. The molecule has 0 spiro atoms. The van der Waals surface area contributed by atoms with Crippen LogP contribution in [0.2, 0.25) is 0 Å². The summed E-state index contributed by atoms with van der Waals surface area (Å²) in [5.41, 5.74) is -1.29. The number of carbonyl (C=O) groups is 3. The van der Waals surface area contributed by atoms with Crippen LogP contribution >= 0.6 is 0 Å². The summed E-state index contributed by atoms with van der Waals surface area (Å²) in [5, 5.41) is 12.0. The molecule has 3 aliphatic carbocycles. The van der Waals surface area contributed by atoms with E-state index in [1.807, 2.05) is 0 Å². The Kier molecular flexibility index (Phi) is 6.04. The molecule has 1 N–H and O–H groups in total. The summed E-state index contributed by atoms with van der Waals surface area (Å²) in [6, 6.07) is 0. The van der Waals surface area contributed by atoms with Gasteiger partial charge in [-0.25, -0.2) is 4.79 Å². The van der Waals surface area contributed by atoms with Gasteiger partial charge < -0.3 is 14.6 Å². The van der Waals surface area contributed by atoms with E-state index in [2.05, 4.69) is 0 Å². The first-order valence-corrected chi connectivity index (χ1v) is 10.1. The molecule has 27 heavy (non-hydrogen) atoms. The molecule has 0 aliphatic heterocycles. The average Bonchev–Trinajstić information content (AvgIpc) is 2.96. The van der Waals surface area contributed by atoms with Gasteiger partial charge in [-0.15, -0.1) is 0 Å². The molecule has 2 fully saturated rings.